The lowest BCUT2D eigenvalue weighted by Crippen LogP contribution is -2.51. The second kappa shape index (κ2) is 11.1. The highest BCUT2D eigenvalue weighted by Crippen LogP contribution is 2.47. The molecule has 0 aromatic heterocycles. The number of benzene rings is 2. The van der Waals surface area contributed by atoms with Crippen LogP contribution in [0.1, 0.15) is 45.2 Å². The summed E-state index contributed by atoms with van der Waals surface area (Å²) in [7, 11) is 0. The zero-order valence-corrected chi connectivity index (χ0v) is 19.9. The largest absolute Gasteiger partial charge is 0.369 e. The van der Waals surface area contributed by atoms with E-state index in [0.717, 1.165) is 16.7 Å². The van der Waals surface area contributed by atoms with Crippen molar-refractivity contribution >= 4 is 11.8 Å². The van der Waals surface area contributed by atoms with Crippen LogP contribution in [0.2, 0.25) is 0 Å². The Morgan fingerprint density at radius 3 is 1.78 bits per heavy atom. The molecule has 0 fully saturated rings. The van der Waals surface area contributed by atoms with E-state index in [4.69, 9.17) is 11.5 Å². The topological polar surface area (TPSA) is 86.2 Å². The molecular weight excluding hydrogens is 396 g/mol. The Labute approximate surface area is 193 Å². The maximum Gasteiger partial charge on any atom is 0.224 e. The van der Waals surface area contributed by atoms with Crippen molar-refractivity contribution in [2.45, 2.75) is 47.0 Å². The fourth-order valence-electron chi connectivity index (χ4n) is 5.18. The van der Waals surface area contributed by atoms with E-state index in [-0.39, 0.29) is 35.5 Å². The summed E-state index contributed by atoms with van der Waals surface area (Å²) in [5.41, 5.74) is 14.1. The lowest BCUT2D eigenvalue weighted by molar-refractivity contribution is -0.134. The van der Waals surface area contributed by atoms with E-state index in [1.54, 1.807) is 0 Å². The monoisotopic (exact) mass is 434 g/mol. The van der Waals surface area contributed by atoms with Crippen LogP contribution >= 0.6 is 0 Å². The van der Waals surface area contributed by atoms with Crippen molar-refractivity contribution in [3.63, 3.8) is 0 Å². The number of hydrogen-bond acceptors (Lipinski definition) is 2. The summed E-state index contributed by atoms with van der Waals surface area (Å²) >= 11 is 0. The highest BCUT2D eigenvalue weighted by Gasteiger charge is 2.49. The molecule has 0 heterocycles. The third-order valence-corrected chi connectivity index (χ3v) is 6.73. The molecule has 0 bridgehead atoms. The van der Waals surface area contributed by atoms with Gasteiger partial charge in [0.05, 0.1) is 5.41 Å². The van der Waals surface area contributed by atoms with Gasteiger partial charge in [-0.25, -0.2) is 0 Å². The number of carbonyl (C=O) groups is 2. The summed E-state index contributed by atoms with van der Waals surface area (Å²) in [6.07, 6.45) is 1.51. The number of primary amides is 2. The quantitative estimate of drug-likeness (QED) is 0.465. The van der Waals surface area contributed by atoms with Crippen LogP contribution in [0.4, 0.5) is 0 Å². The molecule has 4 N–H and O–H groups in total. The van der Waals surface area contributed by atoms with Gasteiger partial charge in [-0.05, 0) is 48.1 Å². The van der Waals surface area contributed by atoms with Crippen molar-refractivity contribution in [3.8, 4) is 0 Å². The molecule has 0 spiro atoms. The third kappa shape index (κ3) is 5.87. The SMILES string of the molecule is C=C(CC(Cc1ccccc1)C(N)=O)C(C(C)C)C(Cc1ccccc1)(C(N)=O)C(C)C. The Balaban J connectivity index is 2.42. The molecule has 0 saturated carbocycles. The molecule has 0 radical (unpaired) electrons. The first-order valence-electron chi connectivity index (χ1n) is 11.4. The minimum atomic E-state index is -0.818. The van der Waals surface area contributed by atoms with Crippen molar-refractivity contribution in [2.24, 2.45) is 40.6 Å². The van der Waals surface area contributed by atoms with Crippen LogP contribution in [0.15, 0.2) is 72.8 Å². The molecule has 2 rings (SSSR count). The van der Waals surface area contributed by atoms with E-state index in [2.05, 4.69) is 20.4 Å². The van der Waals surface area contributed by atoms with Crippen LogP contribution in [0.3, 0.4) is 0 Å². The molecular formula is C28H38N2O2. The summed E-state index contributed by atoms with van der Waals surface area (Å²) in [5, 5.41) is 0. The van der Waals surface area contributed by atoms with Gasteiger partial charge in [-0.15, -0.1) is 0 Å². The first kappa shape index (κ1) is 25.4. The smallest absolute Gasteiger partial charge is 0.224 e. The third-order valence-electron chi connectivity index (χ3n) is 6.73. The Bertz CT molecular complexity index is 906. The van der Waals surface area contributed by atoms with Crippen molar-refractivity contribution in [1.29, 1.82) is 0 Å². The Morgan fingerprint density at radius 2 is 1.38 bits per heavy atom. The van der Waals surface area contributed by atoms with Gasteiger partial charge in [0.15, 0.2) is 0 Å². The molecule has 32 heavy (non-hydrogen) atoms. The second-order valence-corrected chi connectivity index (χ2v) is 9.59. The molecule has 0 saturated heterocycles. The number of nitrogens with two attached hydrogens (primary N) is 2. The molecule has 4 heteroatoms. The molecule has 0 aliphatic carbocycles. The van der Waals surface area contributed by atoms with Gasteiger partial charge in [0, 0.05) is 5.92 Å². The highest BCUT2D eigenvalue weighted by molar-refractivity contribution is 5.83. The normalized spacial score (nSPS) is 15.2. The van der Waals surface area contributed by atoms with Crippen LogP contribution in [0, 0.1) is 29.1 Å². The molecule has 4 nitrogen and oxygen atoms in total. The second-order valence-electron chi connectivity index (χ2n) is 9.59. The summed E-state index contributed by atoms with van der Waals surface area (Å²) < 4.78 is 0. The highest BCUT2D eigenvalue weighted by atomic mass is 16.1. The summed E-state index contributed by atoms with van der Waals surface area (Å²) in [6, 6.07) is 19.8. The lowest BCUT2D eigenvalue weighted by atomic mass is 9.57. The number of rotatable bonds is 12. The van der Waals surface area contributed by atoms with Gasteiger partial charge < -0.3 is 11.5 Å². The predicted octanol–water partition coefficient (Wildman–Crippen LogP) is 4.92. The minimum absolute atomic E-state index is 0.00879. The summed E-state index contributed by atoms with van der Waals surface area (Å²) in [6.45, 7) is 12.7. The van der Waals surface area contributed by atoms with Crippen LogP contribution in [0.25, 0.3) is 0 Å². The number of allylic oxidation sites excluding steroid dienone is 1. The number of carbonyl (C=O) groups excluding carboxylic acids is 2. The molecule has 3 atom stereocenters. The Hall–Kier alpha value is -2.88. The van der Waals surface area contributed by atoms with E-state index in [1.807, 2.05) is 74.5 Å². The maximum atomic E-state index is 13.1. The van der Waals surface area contributed by atoms with E-state index in [1.165, 1.54) is 0 Å². The van der Waals surface area contributed by atoms with Crippen LogP contribution in [-0.4, -0.2) is 11.8 Å². The van der Waals surface area contributed by atoms with Crippen LogP contribution in [-0.2, 0) is 22.4 Å². The van der Waals surface area contributed by atoms with E-state index < -0.39 is 5.41 Å². The van der Waals surface area contributed by atoms with Crippen LogP contribution in [0.5, 0.6) is 0 Å². The number of amides is 2. The zero-order chi connectivity index (χ0) is 23.9. The maximum absolute atomic E-state index is 13.1. The first-order chi connectivity index (χ1) is 15.1. The molecule has 2 aromatic carbocycles. The Morgan fingerprint density at radius 1 is 0.875 bits per heavy atom. The van der Waals surface area contributed by atoms with Crippen molar-refractivity contribution in [2.75, 3.05) is 0 Å². The number of hydrogen-bond donors (Lipinski definition) is 2. The standard InChI is InChI=1S/C28H38N2O2/c1-19(2)25(21(5)16-24(26(29)31)17-22-12-8-6-9-13-22)28(20(3)4,27(30)32)18-23-14-10-7-11-15-23/h6-15,19-20,24-25H,5,16-18H2,1-4H3,(H2,29,31)(H2,30,32). The van der Waals surface area contributed by atoms with Gasteiger partial charge in [0.1, 0.15) is 0 Å². The van der Waals surface area contributed by atoms with Gasteiger partial charge in [-0.1, -0.05) is 101 Å². The van der Waals surface area contributed by atoms with E-state index in [0.29, 0.717) is 19.3 Å². The van der Waals surface area contributed by atoms with Gasteiger partial charge in [-0.2, -0.15) is 0 Å². The average Bonchev–Trinajstić information content (AvgIpc) is 2.73. The molecule has 2 amide bonds. The molecule has 0 aliphatic rings. The van der Waals surface area contributed by atoms with Gasteiger partial charge in [-0.3, -0.25) is 9.59 Å². The fraction of sp³-hybridized carbons (Fsp3) is 0.429. The zero-order valence-electron chi connectivity index (χ0n) is 19.9. The average molecular weight is 435 g/mol. The molecule has 0 aliphatic heterocycles. The van der Waals surface area contributed by atoms with E-state index in [9.17, 15) is 9.59 Å². The minimum Gasteiger partial charge on any atom is -0.369 e. The van der Waals surface area contributed by atoms with Gasteiger partial charge in [0.25, 0.3) is 0 Å². The first-order valence-corrected chi connectivity index (χ1v) is 11.4. The summed E-state index contributed by atoms with van der Waals surface area (Å²) in [4.78, 5) is 25.4. The molecule has 172 valence electrons. The van der Waals surface area contributed by atoms with Crippen LogP contribution < -0.4 is 11.5 Å². The fourth-order valence-corrected chi connectivity index (χ4v) is 5.18. The van der Waals surface area contributed by atoms with Gasteiger partial charge >= 0.3 is 0 Å². The van der Waals surface area contributed by atoms with Crippen molar-refractivity contribution < 1.29 is 9.59 Å². The van der Waals surface area contributed by atoms with E-state index >= 15 is 0 Å². The van der Waals surface area contributed by atoms with Crippen molar-refractivity contribution in [1.82, 2.24) is 0 Å². The Kier molecular flexibility index (Phi) is 8.82. The molecule has 3 unspecified atom stereocenters. The van der Waals surface area contributed by atoms with Gasteiger partial charge in [0.2, 0.25) is 11.8 Å². The summed E-state index contributed by atoms with van der Waals surface area (Å²) in [5.74, 6) is -1.14. The van der Waals surface area contributed by atoms with Crippen molar-refractivity contribution in [3.05, 3.63) is 83.9 Å². The predicted molar refractivity (Wildman–Crippen MR) is 132 cm³/mol. The molecule has 2 aromatic rings. The lowest BCUT2D eigenvalue weighted by Gasteiger charge is -2.45.